The van der Waals surface area contributed by atoms with Crippen molar-refractivity contribution < 1.29 is 14.3 Å². The van der Waals surface area contributed by atoms with Crippen molar-refractivity contribution in [3.63, 3.8) is 0 Å². The minimum Gasteiger partial charge on any atom is -0.497 e. The summed E-state index contributed by atoms with van der Waals surface area (Å²) in [5.41, 5.74) is 5.16. The lowest BCUT2D eigenvalue weighted by Gasteiger charge is -2.35. The first kappa shape index (κ1) is 21.7. The van der Waals surface area contributed by atoms with Crippen LogP contribution in [0.3, 0.4) is 0 Å². The molecule has 1 N–H and O–H groups in total. The zero-order valence-electron chi connectivity index (χ0n) is 18.6. The predicted octanol–water partition coefficient (Wildman–Crippen LogP) is 2.81. The summed E-state index contributed by atoms with van der Waals surface area (Å²) in [6.45, 7) is 4.97. The van der Waals surface area contributed by atoms with Crippen LogP contribution < -0.4 is 15.0 Å². The van der Waals surface area contributed by atoms with Crippen LogP contribution in [0, 0.1) is 0 Å². The molecule has 1 saturated heterocycles. The number of methoxy groups -OCH3 is 1. The third kappa shape index (κ3) is 5.38. The van der Waals surface area contributed by atoms with Crippen molar-refractivity contribution in [2.45, 2.75) is 25.3 Å². The molecule has 2 heterocycles. The van der Waals surface area contributed by atoms with Gasteiger partial charge in [0.1, 0.15) is 5.75 Å². The van der Waals surface area contributed by atoms with Gasteiger partial charge in [-0.25, -0.2) is 0 Å². The number of benzene rings is 2. The van der Waals surface area contributed by atoms with Crippen LogP contribution in [0.1, 0.15) is 29.2 Å². The highest BCUT2D eigenvalue weighted by Crippen LogP contribution is 2.31. The van der Waals surface area contributed by atoms with Gasteiger partial charge < -0.3 is 19.7 Å². The lowest BCUT2D eigenvalue weighted by atomic mass is 10.00. The maximum Gasteiger partial charge on any atom is 0.220 e. The molecule has 0 spiro atoms. The molecule has 2 aromatic carbocycles. The fourth-order valence-electron chi connectivity index (χ4n) is 4.49. The molecular weight excluding hydrogens is 390 g/mol. The third-order valence-electron chi connectivity index (χ3n) is 6.39. The Labute approximate surface area is 185 Å². The highest BCUT2D eigenvalue weighted by atomic mass is 16.5. The van der Waals surface area contributed by atoms with Gasteiger partial charge in [-0.05, 0) is 47.7 Å². The number of hydrogen-bond acceptors (Lipinski definition) is 5. The number of rotatable bonds is 8. The van der Waals surface area contributed by atoms with E-state index in [4.69, 9.17) is 9.47 Å². The number of carbonyl (C=O) groups excluding carboxylic acids is 1. The molecule has 2 aliphatic rings. The van der Waals surface area contributed by atoms with Crippen LogP contribution in [-0.4, -0.2) is 64.4 Å². The first-order valence-corrected chi connectivity index (χ1v) is 11.2. The van der Waals surface area contributed by atoms with Crippen molar-refractivity contribution in [3.05, 3.63) is 59.2 Å². The molecule has 2 aromatic rings. The van der Waals surface area contributed by atoms with Gasteiger partial charge in [0.05, 0.1) is 26.4 Å². The van der Waals surface area contributed by atoms with Crippen LogP contribution >= 0.6 is 0 Å². The van der Waals surface area contributed by atoms with Crippen molar-refractivity contribution in [2.24, 2.45) is 0 Å². The van der Waals surface area contributed by atoms with Gasteiger partial charge in [0, 0.05) is 45.3 Å². The van der Waals surface area contributed by atoms with E-state index in [1.54, 1.807) is 7.11 Å². The van der Waals surface area contributed by atoms with E-state index in [9.17, 15) is 4.79 Å². The number of anilines is 1. The summed E-state index contributed by atoms with van der Waals surface area (Å²) in [5, 5.41) is 3.19. The van der Waals surface area contributed by atoms with E-state index in [1.165, 1.54) is 16.8 Å². The number of likely N-dealkylation sites (N-methyl/N-ethyl adjacent to an activating group) is 1. The first-order chi connectivity index (χ1) is 15.1. The number of nitrogens with one attached hydrogen (secondary N) is 1. The molecule has 0 aromatic heterocycles. The maximum atomic E-state index is 12.6. The maximum absolute atomic E-state index is 12.6. The smallest absolute Gasteiger partial charge is 0.220 e. The Morgan fingerprint density at radius 2 is 1.90 bits per heavy atom. The largest absolute Gasteiger partial charge is 0.497 e. The molecule has 0 bridgehead atoms. The fourth-order valence-corrected chi connectivity index (χ4v) is 4.49. The van der Waals surface area contributed by atoms with E-state index < -0.39 is 0 Å². The predicted molar refractivity (Wildman–Crippen MR) is 123 cm³/mol. The van der Waals surface area contributed by atoms with Crippen LogP contribution in [0.2, 0.25) is 0 Å². The molecule has 0 unspecified atom stereocenters. The molecule has 1 fully saturated rings. The number of aryl methyl sites for hydroxylation is 1. The second kappa shape index (κ2) is 10.2. The molecule has 0 aliphatic carbocycles. The molecule has 0 radical (unpaired) electrons. The number of carbonyl (C=O) groups is 1. The van der Waals surface area contributed by atoms with Crippen LogP contribution in [0.15, 0.2) is 42.5 Å². The standard InChI is InChI=1S/C25H33N3O3/c1-27-12-11-21-17-20(6-9-23(21)27)24(28-13-15-31-16-14-28)18-26-25(29)10-5-19-3-7-22(30-2)8-4-19/h3-4,6-9,17,24H,5,10-16,18H2,1-2H3,(H,26,29)/t24-/m1/s1. The summed E-state index contributed by atoms with van der Waals surface area (Å²) in [5.74, 6) is 0.928. The van der Waals surface area contributed by atoms with Gasteiger partial charge in [-0.1, -0.05) is 24.3 Å². The van der Waals surface area contributed by atoms with Crippen molar-refractivity contribution in [3.8, 4) is 5.75 Å². The van der Waals surface area contributed by atoms with Crippen LogP contribution in [0.5, 0.6) is 5.75 Å². The Bertz CT molecular complexity index is 878. The minimum absolute atomic E-state index is 0.0926. The van der Waals surface area contributed by atoms with E-state index in [0.29, 0.717) is 13.0 Å². The minimum atomic E-state index is 0.0926. The third-order valence-corrected chi connectivity index (χ3v) is 6.39. The molecule has 6 heteroatoms. The number of ether oxygens (including phenoxy) is 2. The monoisotopic (exact) mass is 423 g/mol. The molecule has 6 nitrogen and oxygen atoms in total. The van der Waals surface area contributed by atoms with E-state index >= 15 is 0 Å². The Balaban J connectivity index is 1.38. The Morgan fingerprint density at radius 1 is 1.13 bits per heavy atom. The summed E-state index contributed by atoms with van der Waals surface area (Å²) in [6, 6.07) is 14.9. The summed E-state index contributed by atoms with van der Waals surface area (Å²) >= 11 is 0. The lowest BCUT2D eigenvalue weighted by Crippen LogP contribution is -2.43. The Hall–Kier alpha value is -2.57. The number of fused-ring (bicyclic) bond motifs is 1. The van der Waals surface area contributed by atoms with Crippen LogP contribution in [-0.2, 0) is 22.4 Å². The summed E-state index contributed by atoms with van der Waals surface area (Å²) in [7, 11) is 3.81. The van der Waals surface area contributed by atoms with Gasteiger partial charge in [-0.2, -0.15) is 0 Å². The summed E-state index contributed by atoms with van der Waals surface area (Å²) in [4.78, 5) is 17.4. The fraction of sp³-hybridized carbons (Fsp3) is 0.480. The topological polar surface area (TPSA) is 54.0 Å². The zero-order chi connectivity index (χ0) is 21.6. The SMILES string of the molecule is COc1ccc(CCC(=O)NC[C@H](c2ccc3c(c2)CCN3C)N2CCOCC2)cc1. The van der Waals surface area contributed by atoms with Gasteiger partial charge in [0.15, 0.2) is 0 Å². The van der Waals surface area contributed by atoms with Gasteiger partial charge >= 0.3 is 0 Å². The van der Waals surface area contributed by atoms with Crippen molar-refractivity contribution >= 4 is 11.6 Å². The number of nitrogens with zero attached hydrogens (tertiary/aromatic N) is 2. The van der Waals surface area contributed by atoms with E-state index in [1.807, 2.05) is 24.3 Å². The quantitative estimate of drug-likeness (QED) is 0.708. The number of morpholine rings is 1. The van der Waals surface area contributed by atoms with Gasteiger partial charge in [0.2, 0.25) is 5.91 Å². The number of amides is 1. The van der Waals surface area contributed by atoms with Gasteiger partial charge in [0.25, 0.3) is 0 Å². The molecule has 1 atom stereocenters. The Kier molecular flexibility index (Phi) is 7.10. The molecule has 166 valence electrons. The zero-order valence-corrected chi connectivity index (χ0v) is 18.6. The van der Waals surface area contributed by atoms with E-state index in [2.05, 4.69) is 40.4 Å². The van der Waals surface area contributed by atoms with Crippen molar-refractivity contribution in [2.75, 3.05) is 58.5 Å². The normalized spacial score (nSPS) is 17.3. The van der Waals surface area contributed by atoms with Crippen molar-refractivity contribution in [1.29, 1.82) is 0 Å². The second-order valence-corrected chi connectivity index (χ2v) is 8.38. The van der Waals surface area contributed by atoms with Crippen molar-refractivity contribution in [1.82, 2.24) is 10.2 Å². The molecule has 0 saturated carbocycles. The summed E-state index contributed by atoms with van der Waals surface area (Å²) in [6.07, 6.45) is 2.30. The molecule has 4 rings (SSSR count). The summed E-state index contributed by atoms with van der Waals surface area (Å²) < 4.78 is 10.8. The van der Waals surface area contributed by atoms with E-state index in [-0.39, 0.29) is 11.9 Å². The van der Waals surface area contributed by atoms with E-state index in [0.717, 1.165) is 57.0 Å². The highest BCUT2D eigenvalue weighted by molar-refractivity contribution is 5.76. The molecule has 31 heavy (non-hydrogen) atoms. The second-order valence-electron chi connectivity index (χ2n) is 8.38. The molecule has 1 amide bonds. The highest BCUT2D eigenvalue weighted by Gasteiger charge is 2.25. The average Bonchev–Trinajstić information content (AvgIpc) is 3.19. The average molecular weight is 424 g/mol. The van der Waals surface area contributed by atoms with Gasteiger partial charge in [-0.3, -0.25) is 9.69 Å². The first-order valence-electron chi connectivity index (χ1n) is 11.2. The van der Waals surface area contributed by atoms with Crippen LogP contribution in [0.4, 0.5) is 5.69 Å². The molecule has 2 aliphatic heterocycles. The molecular formula is C25H33N3O3. The lowest BCUT2D eigenvalue weighted by molar-refractivity contribution is -0.121. The number of hydrogen-bond donors (Lipinski definition) is 1. The van der Waals surface area contributed by atoms with Crippen LogP contribution in [0.25, 0.3) is 0 Å². The van der Waals surface area contributed by atoms with Gasteiger partial charge in [-0.15, -0.1) is 0 Å². The Morgan fingerprint density at radius 3 is 2.65 bits per heavy atom.